The van der Waals surface area contributed by atoms with E-state index in [-0.39, 0.29) is 0 Å². The molecule has 29 heavy (non-hydrogen) atoms. The van der Waals surface area contributed by atoms with Gasteiger partial charge in [0.05, 0.1) is 33.8 Å². The van der Waals surface area contributed by atoms with Crippen molar-refractivity contribution in [3.05, 3.63) is 69.3 Å². The van der Waals surface area contributed by atoms with E-state index in [0.717, 1.165) is 57.8 Å². The normalized spacial score (nSPS) is 14.6. The minimum Gasteiger partial charge on any atom is -0.354 e. The van der Waals surface area contributed by atoms with Gasteiger partial charge in [0.2, 0.25) is 0 Å². The molecule has 0 saturated heterocycles. The van der Waals surface area contributed by atoms with Crippen molar-refractivity contribution in [1.82, 2.24) is 19.9 Å². The molecule has 1 aliphatic carbocycles. The van der Waals surface area contributed by atoms with E-state index in [1.165, 1.54) is 28.6 Å². The number of aromatic nitrogens is 4. The lowest BCUT2D eigenvalue weighted by molar-refractivity contribution is 0.913. The molecule has 3 aliphatic rings. The summed E-state index contributed by atoms with van der Waals surface area (Å²) in [7, 11) is 0. The van der Waals surface area contributed by atoms with Crippen molar-refractivity contribution in [2.24, 2.45) is 0 Å². The summed E-state index contributed by atoms with van der Waals surface area (Å²) in [6, 6.07) is 8.70. The van der Waals surface area contributed by atoms with Gasteiger partial charge in [0.15, 0.2) is 0 Å². The Morgan fingerprint density at radius 3 is 1.48 bits per heavy atom. The maximum Gasteiger partial charge on any atom is 0.0872 e. The third-order valence-electron chi connectivity index (χ3n) is 6.40. The summed E-state index contributed by atoms with van der Waals surface area (Å²) in [4.78, 5) is 17.1. The van der Waals surface area contributed by atoms with Crippen LogP contribution in [0.3, 0.4) is 0 Å². The molecule has 2 aliphatic heterocycles. The van der Waals surface area contributed by atoms with Crippen molar-refractivity contribution in [1.29, 1.82) is 0 Å². The Morgan fingerprint density at radius 1 is 0.586 bits per heavy atom. The number of nitrogens with one attached hydrogen (secondary N) is 2. The number of rotatable bonds is 0. The molecule has 3 aromatic rings. The maximum absolute atomic E-state index is 4.90. The predicted octanol–water partition coefficient (Wildman–Crippen LogP) is 5.76. The highest BCUT2D eigenvalue weighted by Gasteiger charge is 2.16. The fraction of sp³-hybridized carbons (Fsp3) is 0.200. The zero-order valence-electron chi connectivity index (χ0n) is 16.6. The second-order valence-corrected chi connectivity index (χ2v) is 8.06. The van der Waals surface area contributed by atoms with Crippen LogP contribution in [0.5, 0.6) is 0 Å². The summed E-state index contributed by atoms with van der Waals surface area (Å²) < 4.78 is 0. The number of aryl methyl sites for hydroxylation is 2. The van der Waals surface area contributed by atoms with E-state index in [1.807, 2.05) is 0 Å². The molecule has 4 nitrogen and oxygen atoms in total. The smallest absolute Gasteiger partial charge is 0.0872 e. The van der Waals surface area contributed by atoms with Crippen LogP contribution in [0.25, 0.3) is 46.4 Å². The molecule has 3 aromatic heterocycles. The second kappa shape index (κ2) is 6.05. The van der Waals surface area contributed by atoms with E-state index in [4.69, 9.17) is 9.97 Å². The molecule has 0 unspecified atom stereocenters. The summed E-state index contributed by atoms with van der Waals surface area (Å²) >= 11 is 0. The SMILES string of the molecule is Cc1c2nc(c3ccc([nH]3)c3c(c4ccc([nH]4)c4nc(c1C)C=C4)CCC3)C=C2. The maximum atomic E-state index is 4.90. The van der Waals surface area contributed by atoms with E-state index in [9.17, 15) is 0 Å². The molecular formula is C25H22N4. The number of H-pyrrole nitrogens is 2. The van der Waals surface area contributed by atoms with Gasteiger partial charge in [0.25, 0.3) is 0 Å². The Morgan fingerprint density at radius 2 is 1.00 bits per heavy atom. The third-order valence-corrected chi connectivity index (χ3v) is 6.40. The molecule has 0 spiro atoms. The fourth-order valence-electron chi connectivity index (χ4n) is 4.61. The summed E-state index contributed by atoms with van der Waals surface area (Å²) in [6.45, 7) is 4.25. The monoisotopic (exact) mass is 378 g/mol. The fourth-order valence-corrected chi connectivity index (χ4v) is 4.61. The number of fused-ring (bicyclic) bond motifs is 13. The van der Waals surface area contributed by atoms with Gasteiger partial charge in [-0.3, -0.25) is 0 Å². The number of hydrogen-bond donors (Lipinski definition) is 2. The van der Waals surface area contributed by atoms with Gasteiger partial charge in [-0.25, -0.2) is 9.97 Å². The third kappa shape index (κ3) is 2.52. The second-order valence-electron chi connectivity index (χ2n) is 8.06. The van der Waals surface area contributed by atoms with Gasteiger partial charge in [0.1, 0.15) is 0 Å². The van der Waals surface area contributed by atoms with Gasteiger partial charge in [-0.15, -0.1) is 0 Å². The van der Waals surface area contributed by atoms with E-state index in [1.54, 1.807) is 0 Å². The molecule has 142 valence electrons. The quantitative estimate of drug-likeness (QED) is 0.360. The average Bonchev–Trinajstić information content (AvgIpc) is 3.53. The Bertz CT molecular complexity index is 1290. The van der Waals surface area contributed by atoms with Crippen LogP contribution in [-0.4, -0.2) is 19.9 Å². The zero-order chi connectivity index (χ0) is 19.5. The van der Waals surface area contributed by atoms with Crippen LogP contribution >= 0.6 is 0 Å². The van der Waals surface area contributed by atoms with Crippen LogP contribution in [-0.2, 0) is 12.8 Å². The van der Waals surface area contributed by atoms with Gasteiger partial charge in [-0.2, -0.15) is 0 Å². The molecule has 0 amide bonds. The first-order valence-electron chi connectivity index (χ1n) is 10.2. The highest BCUT2D eigenvalue weighted by atomic mass is 14.8. The molecular weight excluding hydrogens is 356 g/mol. The molecule has 0 atom stereocenters. The van der Waals surface area contributed by atoms with Crippen molar-refractivity contribution in [3.8, 4) is 0 Å². The lowest BCUT2D eigenvalue weighted by atomic mass is 10.1. The van der Waals surface area contributed by atoms with Crippen molar-refractivity contribution in [2.45, 2.75) is 33.1 Å². The Balaban J connectivity index is 1.79. The lowest BCUT2D eigenvalue weighted by Gasteiger charge is -1.99. The molecule has 4 heteroatoms. The first-order valence-corrected chi connectivity index (χ1v) is 10.2. The van der Waals surface area contributed by atoms with Crippen LogP contribution < -0.4 is 0 Å². The standard InChI is InChI=1S/C25H22N4/c1-14-15(2)19-7-11-23(27-19)25-13-9-21(29-25)17-5-3-4-16(17)20-8-12-24(28-20)22-10-6-18(14)26-22/h6-13,28-29H,3-5H2,1-2H3. The van der Waals surface area contributed by atoms with Crippen LogP contribution in [0.2, 0.25) is 0 Å². The topological polar surface area (TPSA) is 57.4 Å². The first kappa shape index (κ1) is 16.5. The molecule has 5 heterocycles. The van der Waals surface area contributed by atoms with Crippen molar-refractivity contribution < 1.29 is 0 Å². The minimum atomic E-state index is 0.990. The van der Waals surface area contributed by atoms with Gasteiger partial charge in [0, 0.05) is 11.0 Å². The van der Waals surface area contributed by atoms with E-state index >= 15 is 0 Å². The number of nitrogens with zero attached hydrogens (tertiary/aromatic N) is 2. The first-order chi connectivity index (χ1) is 14.2. The van der Waals surface area contributed by atoms with Gasteiger partial charge in [-0.1, -0.05) is 0 Å². The molecule has 0 saturated carbocycles. The Labute approximate surface area is 169 Å². The van der Waals surface area contributed by atoms with Gasteiger partial charge in [-0.05, 0) is 104 Å². The van der Waals surface area contributed by atoms with E-state index in [2.05, 4.69) is 72.4 Å². The van der Waals surface area contributed by atoms with E-state index in [0.29, 0.717) is 0 Å². The van der Waals surface area contributed by atoms with Crippen molar-refractivity contribution >= 4 is 46.4 Å². The largest absolute Gasteiger partial charge is 0.354 e. The van der Waals surface area contributed by atoms with E-state index < -0.39 is 0 Å². The summed E-state index contributed by atoms with van der Waals surface area (Å²) in [5.74, 6) is 0. The summed E-state index contributed by atoms with van der Waals surface area (Å²) in [5, 5.41) is 0. The molecule has 8 bridgehead atoms. The lowest BCUT2D eigenvalue weighted by Crippen LogP contribution is -1.89. The zero-order valence-corrected chi connectivity index (χ0v) is 16.6. The Kier molecular flexibility index (Phi) is 3.45. The molecule has 0 aromatic carbocycles. The molecule has 2 N–H and O–H groups in total. The number of aromatic amines is 2. The van der Waals surface area contributed by atoms with Crippen LogP contribution in [0.15, 0.2) is 24.3 Å². The summed E-state index contributed by atoms with van der Waals surface area (Å²) in [5.41, 5.74) is 13.7. The Hall–Kier alpha value is -3.40. The van der Waals surface area contributed by atoms with Crippen LogP contribution in [0.4, 0.5) is 0 Å². The minimum absolute atomic E-state index is 0.990. The van der Waals surface area contributed by atoms with Crippen molar-refractivity contribution in [2.75, 3.05) is 0 Å². The average molecular weight is 378 g/mol. The molecule has 0 fully saturated rings. The highest BCUT2D eigenvalue weighted by Crippen LogP contribution is 2.30. The summed E-state index contributed by atoms with van der Waals surface area (Å²) in [6.07, 6.45) is 11.8. The molecule has 0 radical (unpaired) electrons. The van der Waals surface area contributed by atoms with Crippen molar-refractivity contribution in [3.63, 3.8) is 0 Å². The van der Waals surface area contributed by atoms with Gasteiger partial charge >= 0.3 is 0 Å². The van der Waals surface area contributed by atoms with Crippen LogP contribution in [0, 0.1) is 13.8 Å². The highest BCUT2D eigenvalue weighted by molar-refractivity contribution is 5.84. The number of hydrogen-bond acceptors (Lipinski definition) is 2. The molecule has 6 rings (SSSR count). The van der Waals surface area contributed by atoms with Crippen LogP contribution in [0.1, 0.15) is 51.5 Å². The predicted molar refractivity (Wildman–Crippen MR) is 120 cm³/mol. The van der Waals surface area contributed by atoms with Gasteiger partial charge < -0.3 is 9.97 Å².